The largest absolute Gasteiger partial charge is 0.506 e. The number of fused-ring (bicyclic) bond motifs is 1. The number of aromatic amines is 1. The van der Waals surface area contributed by atoms with Gasteiger partial charge in [0.15, 0.2) is 0 Å². The average Bonchev–Trinajstić information content (AvgIpc) is 3.36. The number of carbonyl (C=O) groups is 1. The van der Waals surface area contributed by atoms with Gasteiger partial charge in [0, 0.05) is 17.8 Å². The first-order chi connectivity index (χ1) is 19.1. The molecule has 204 valence electrons. The molecule has 0 saturated heterocycles. The Balaban J connectivity index is 1.27. The lowest BCUT2D eigenvalue weighted by molar-refractivity contribution is 0.102. The van der Waals surface area contributed by atoms with Crippen molar-refractivity contribution in [3.8, 4) is 17.1 Å². The lowest BCUT2D eigenvalue weighted by Gasteiger charge is -2.09. The summed E-state index contributed by atoms with van der Waals surface area (Å²) in [6.45, 7) is 2.10. The van der Waals surface area contributed by atoms with E-state index in [4.69, 9.17) is 11.6 Å². The van der Waals surface area contributed by atoms with Crippen LogP contribution in [0.2, 0.25) is 5.02 Å². The number of benzene rings is 4. The third-order valence-electron chi connectivity index (χ3n) is 6.30. The van der Waals surface area contributed by atoms with Crippen molar-refractivity contribution >= 4 is 44.3 Å². The van der Waals surface area contributed by atoms with Gasteiger partial charge in [-0.25, -0.2) is 22.5 Å². The number of sulfonamides is 1. The fourth-order valence-electron chi connectivity index (χ4n) is 4.15. The van der Waals surface area contributed by atoms with E-state index in [0.29, 0.717) is 17.7 Å². The van der Waals surface area contributed by atoms with Crippen LogP contribution in [0, 0.1) is 12.7 Å². The van der Waals surface area contributed by atoms with Crippen molar-refractivity contribution in [2.24, 2.45) is 0 Å². The number of amides is 1. The van der Waals surface area contributed by atoms with E-state index >= 15 is 0 Å². The van der Waals surface area contributed by atoms with Crippen LogP contribution in [0.4, 0.5) is 10.1 Å². The summed E-state index contributed by atoms with van der Waals surface area (Å²) in [7, 11) is -3.60. The Hall–Kier alpha value is -4.25. The maximum atomic E-state index is 13.5. The zero-order valence-corrected chi connectivity index (χ0v) is 22.8. The van der Waals surface area contributed by atoms with Gasteiger partial charge in [0.05, 0.1) is 15.5 Å². The first-order valence-corrected chi connectivity index (χ1v) is 14.1. The zero-order chi connectivity index (χ0) is 28.4. The van der Waals surface area contributed by atoms with E-state index in [-0.39, 0.29) is 44.6 Å². The number of carbonyl (C=O) groups excluding carboxylic acids is 1. The molecule has 8 nitrogen and oxygen atoms in total. The highest BCUT2D eigenvalue weighted by Crippen LogP contribution is 2.32. The Labute approximate surface area is 234 Å². The summed E-state index contributed by atoms with van der Waals surface area (Å²) in [6.07, 6.45) is 0.458. The number of halogens is 2. The minimum Gasteiger partial charge on any atom is -0.506 e. The van der Waals surface area contributed by atoms with Gasteiger partial charge in [-0.2, -0.15) is 0 Å². The molecule has 0 spiro atoms. The summed E-state index contributed by atoms with van der Waals surface area (Å²) in [5.74, 6) is -0.780. The summed E-state index contributed by atoms with van der Waals surface area (Å²) in [5.41, 5.74) is 3.48. The van der Waals surface area contributed by atoms with Crippen molar-refractivity contribution in [1.82, 2.24) is 14.7 Å². The molecule has 1 heterocycles. The smallest absolute Gasteiger partial charge is 0.257 e. The molecule has 11 heteroatoms. The highest BCUT2D eigenvalue weighted by Gasteiger charge is 2.19. The Morgan fingerprint density at radius 1 is 1.02 bits per heavy atom. The molecular formula is C29H24ClFN4O4S. The molecule has 0 atom stereocenters. The first-order valence-electron chi connectivity index (χ1n) is 12.2. The number of imidazole rings is 1. The van der Waals surface area contributed by atoms with Crippen LogP contribution >= 0.6 is 11.6 Å². The molecule has 0 aliphatic rings. The van der Waals surface area contributed by atoms with Gasteiger partial charge in [-0.15, -0.1) is 0 Å². The minimum atomic E-state index is -3.60. The Kier molecular flexibility index (Phi) is 7.57. The maximum absolute atomic E-state index is 13.5. The highest BCUT2D eigenvalue weighted by atomic mass is 35.5. The summed E-state index contributed by atoms with van der Waals surface area (Å²) < 4.78 is 41.0. The van der Waals surface area contributed by atoms with Gasteiger partial charge in [0.1, 0.15) is 28.4 Å². The Morgan fingerprint density at radius 2 is 1.75 bits per heavy atom. The van der Waals surface area contributed by atoms with Gasteiger partial charge >= 0.3 is 0 Å². The van der Waals surface area contributed by atoms with E-state index in [2.05, 4.69) is 20.0 Å². The zero-order valence-electron chi connectivity index (χ0n) is 21.2. The van der Waals surface area contributed by atoms with Crippen LogP contribution in [0.15, 0.2) is 83.8 Å². The molecule has 0 radical (unpaired) electrons. The van der Waals surface area contributed by atoms with E-state index in [1.165, 1.54) is 24.3 Å². The summed E-state index contributed by atoms with van der Waals surface area (Å²) in [6, 6.07) is 20.3. The number of rotatable bonds is 8. The van der Waals surface area contributed by atoms with E-state index in [9.17, 15) is 22.7 Å². The van der Waals surface area contributed by atoms with Crippen LogP contribution in [0.1, 0.15) is 21.5 Å². The lowest BCUT2D eigenvalue weighted by Crippen LogP contribution is -2.26. The van der Waals surface area contributed by atoms with E-state index in [0.717, 1.165) is 17.2 Å². The summed E-state index contributed by atoms with van der Waals surface area (Å²) >= 11 is 6.17. The van der Waals surface area contributed by atoms with Crippen LogP contribution in [0.3, 0.4) is 0 Å². The number of phenolic OH excluding ortho intramolecular Hbond substituents is 1. The van der Waals surface area contributed by atoms with Gasteiger partial charge in [0.2, 0.25) is 10.0 Å². The minimum absolute atomic E-state index is 0.106. The fraction of sp³-hybridized carbons (Fsp3) is 0.103. The standard InChI is InChI=1S/C29H24ClFN4O4S/c1-17-2-9-21(10-3-17)40(38,39)32-15-14-18-4-7-20(8-5-18)33-29(37)23-12-13-25(36)27-26(23)34-28(35-27)22-11-6-19(31)16-24(22)30/h2-13,16,32,36H,14-15H2,1H3,(H,33,37)(H,34,35). The van der Waals surface area contributed by atoms with Gasteiger partial charge < -0.3 is 15.4 Å². The Bertz CT molecular complexity index is 1820. The first kappa shape index (κ1) is 27.3. The Morgan fingerprint density at radius 3 is 2.45 bits per heavy atom. The predicted octanol–water partition coefficient (Wildman–Crippen LogP) is 5.81. The molecule has 5 aromatic rings. The molecule has 0 fully saturated rings. The normalized spacial score (nSPS) is 11.6. The molecule has 1 aromatic heterocycles. The topological polar surface area (TPSA) is 124 Å². The molecule has 40 heavy (non-hydrogen) atoms. The molecule has 4 N–H and O–H groups in total. The van der Waals surface area contributed by atoms with E-state index in [1.54, 1.807) is 48.5 Å². The van der Waals surface area contributed by atoms with Crippen molar-refractivity contribution in [2.45, 2.75) is 18.2 Å². The molecule has 0 unspecified atom stereocenters. The highest BCUT2D eigenvalue weighted by molar-refractivity contribution is 7.89. The van der Waals surface area contributed by atoms with Gasteiger partial charge in [-0.05, 0) is 73.5 Å². The number of nitrogens with zero attached hydrogens (tertiary/aromatic N) is 1. The van der Waals surface area contributed by atoms with Crippen LogP contribution in [0.25, 0.3) is 22.4 Å². The molecule has 0 aliphatic heterocycles. The van der Waals surface area contributed by atoms with E-state index in [1.807, 2.05) is 6.92 Å². The second-order valence-corrected chi connectivity index (χ2v) is 11.4. The second kappa shape index (κ2) is 11.1. The average molecular weight is 579 g/mol. The number of H-pyrrole nitrogens is 1. The van der Waals surface area contributed by atoms with Gasteiger partial charge in [-0.3, -0.25) is 4.79 Å². The van der Waals surface area contributed by atoms with Crippen molar-refractivity contribution in [2.75, 3.05) is 11.9 Å². The van der Waals surface area contributed by atoms with Crippen molar-refractivity contribution in [3.63, 3.8) is 0 Å². The number of hydrogen-bond donors (Lipinski definition) is 4. The summed E-state index contributed by atoms with van der Waals surface area (Å²) in [5, 5.41) is 13.3. The number of nitrogens with one attached hydrogen (secondary N) is 3. The van der Waals surface area contributed by atoms with Crippen molar-refractivity contribution in [1.29, 1.82) is 0 Å². The third kappa shape index (κ3) is 5.84. The fourth-order valence-corrected chi connectivity index (χ4v) is 5.44. The molecule has 5 rings (SSSR count). The number of phenols is 1. The van der Waals surface area contributed by atoms with Crippen LogP contribution in [0.5, 0.6) is 5.75 Å². The quantitative estimate of drug-likeness (QED) is 0.185. The number of aryl methyl sites for hydroxylation is 1. The third-order valence-corrected chi connectivity index (χ3v) is 8.09. The number of anilines is 1. The number of aromatic nitrogens is 2. The monoisotopic (exact) mass is 578 g/mol. The molecule has 4 aromatic carbocycles. The molecule has 0 saturated carbocycles. The van der Waals surface area contributed by atoms with Gasteiger partial charge in [-0.1, -0.05) is 41.4 Å². The maximum Gasteiger partial charge on any atom is 0.257 e. The van der Waals surface area contributed by atoms with Crippen molar-refractivity contribution < 1.29 is 22.7 Å². The molecular weight excluding hydrogens is 555 g/mol. The van der Waals surface area contributed by atoms with Crippen LogP contribution < -0.4 is 10.0 Å². The van der Waals surface area contributed by atoms with Crippen LogP contribution in [-0.2, 0) is 16.4 Å². The summed E-state index contributed by atoms with van der Waals surface area (Å²) in [4.78, 5) is 20.7. The molecule has 0 aliphatic carbocycles. The predicted molar refractivity (Wildman–Crippen MR) is 153 cm³/mol. The van der Waals surface area contributed by atoms with Crippen LogP contribution in [-0.4, -0.2) is 35.9 Å². The van der Waals surface area contributed by atoms with Gasteiger partial charge in [0.25, 0.3) is 5.91 Å². The lowest BCUT2D eigenvalue weighted by atomic mass is 10.1. The second-order valence-electron chi connectivity index (χ2n) is 9.18. The number of hydrogen-bond acceptors (Lipinski definition) is 5. The number of aromatic hydroxyl groups is 1. The SMILES string of the molecule is Cc1ccc(S(=O)(=O)NCCc2ccc(NC(=O)c3ccc(O)c4[nH]c(-c5ccc(F)cc5Cl)nc34)cc2)cc1. The van der Waals surface area contributed by atoms with E-state index < -0.39 is 21.7 Å². The van der Waals surface area contributed by atoms with Crippen molar-refractivity contribution in [3.05, 3.63) is 106 Å². The molecule has 1 amide bonds. The molecule has 0 bridgehead atoms.